The molecule has 0 N–H and O–H groups in total. The van der Waals surface area contributed by atoms with Gasteiger partial charge in [-0.15, -0.1) is 0 Å². The molecular weight excluding hydrogens is 240 g/mol. The smallest absolute Gasteiger partial charge is 0.167 e. The van der Waals surface area contributed by atoms with Crippen molar-refractivity contribution in [1.82, 2.24) is 0 Å². The van der Waals surface area contributed by atoms with Gasteiger partial charge in [-0.05, 0) is 17.7 Å². The van der Waals surface area contributed by atoms with Crippen LogP contribution in [0.2, 0.25) is 0 Å². The molecule has 2 rings (SSSR count). The quantitative estimate of drug-likeness (QED) is 0.771. The number of carbonyl (C=O) groups excluding carboxylic acids is 1. The van der Waals surface area contributed by atoms with Crippen molar-refractivity contribution < 1.29 is 14.3 Å². The topological polar surface area (TPSA) is 35.5 Å². The number of methoxy groups -OCH3 is 2. The zero-order chi connectivity index (χ0) is 13.7. The Hall–Kier alpha value is -2.29. The van der Waals surface area contributed by atoms with Crippen molar-refractivity contribution in [1.29, 1.82) is 0 Å². The molecule has 0 amide bonds. The van der Waals surface area contributed by atoms with Crippen LogP contribution in [0.15, 0.2) is 48.5 Å². The van der Waals surface area contributed by atoms with Crippen LogP contribution < -0.4 is 9.47 Å². The van der Waals surface area contributed by atoms with Crippen LogP contribution in [0, 0.1) is 0 Å². The van der Waals surface area contributed by atoms with E-state index in [1.165, 1.54) is 0 Å². The number of Topliss-reactive ketones (excluding diaryl/α,β-unsaturated/α-hetero) is 1. The summed E-state index contributed by atoms with van der Waals surface area (Å²) in [6.07, 6.45) is 0.352. The average molecular weight is 256 g/mol. The van der Waals surface area contributed by atoms with Gasteiger partial charge in [-0.3, -0.25) is 4.79 Å². The minimum Gasteiger partial charge on any atom is -0.493 e. The summed E-state index contributed by atoms with van der Waals surface area (Å²) >= 11 is 0. The highest BCUT2D eigenvalue weighted by atomic mass is 16.5. The van der Waals surface area contributed by atoms with Gasteiger partial charge in [-0.25, -0.2) is 0 Å². The summed E-state index contributed by atoms with van der Waals surface area (Å²) < 4.78 is 10.4. The van der Waals surface area contributed by atoms with Crippen molar-refractivity contribution >= 4 is 5.78 Å². The second-order valence-corrected chi connectivity index (χ2v) is 4.16. The summed E-state index contributed by atoms with van der Waals surface area (Å²) in [5.74, 6) is 1.40. The van der Waals surface area contributed by atoms with Crippen LogP contribution in [-0.4, -0.2) is 20.0 Å². The number of ketones is 1. The number of hydrogen-bond donors (Lipinski definition) is 0. The maximum absolute atomic E-state index is 12.1. The number of hydrogen-bond acceptors (Lipinski definition) is 3. The molecule has 0 aliphatic rings. The van der Waals surface area contributed by atoms with Gasteiger partial charge in [0.15, 0.2) is 17.3 Å². The molecular formula is C16H16O3. The second kappa shape index (κ2) is 6.05. The predicted octanol–water partition coefficient (Wildman–Crippen LogP) is 3.13. The van der Waals surface area contributed by atoms with Crippen molar-refractivity contribution in [3.05, 3.63) is 59.7 Å². The molecule has 0 unspecified atom stereocenters. The minimum atomic E-state index is 0.0906. The number of carbonyl (C=O) groups is 1. The standard InChI is InChI=1S/C16H16O3/c1-18-15-9-8-12(11-16(15)19-2)10-14(17)13-6-4-3-5-7-13/h3-9,11H,10H2,1-2H3. The molecule has 0 saturated heterocycles. The van der Waals surface area contributed by atoms with Gasteiger partial charge in [0, 0.05) is 12.0 Å². The van der Waals surface area contributed by atoms with Crippen LogP contribution in [0.3, 0.4) is 0 Å². The Labute approximate surface area is 112 Å². The molecule has 0 spiro atoms. The molecule has 0 aliphatic carbocycles. The van der Waals surface area contributed by atoms with Crippen LogP contribution in [0.25, 0.3) is 0 Å². The van der Waals surface area contributed by atoms with Crippen molar-refractivity contribution in [3.63, 3.8) is 0 Å². The normalized spacial score (nSPS) is 10.0. The Morgan fingerprint density at radius 2 is 1.63 bits per heavy atom. The lowest BCUT2D eigenvalue weighted by Gasteiger charge is -2.09. The molecule has 0 saturated carbocycles. The van der Waals surface area contributed by atoms with E-state index in [9.17, 15) is 4.79 Å². The molecule has 3 heteroatoms. The Balaban J connectivity index is 2.18. The van der Waals surface area contributed by atoms with Gasteiger partial charge >= 0.3 is 0 Å². The fourth-order valence-electron chi connectivity index (χ4n) is 1.90. The third kappa shape index (κ3) is 3.13. The lowest BCUT2D eigenvalue weighted by Crippen LogP contribution is -2.03. The van der Waals surface area contributed by atoms with Gasteiger partial charge in [0.05, 0.1) is 14.2 Å². The Morgan fingerprint density at radius 1 is 0.947 bits per heavy atom. The van der Waals surface area contributed by atoms with E-state index in [1.54, 1.807) is 14.2 Å². The van der Waals surface area contributed by atoms with E-state index in [0.717, 1.165) is 11.1 Å². The van der Waals surface area contributed by atoms with Gasteiger partial charge in [-0.1, -0.05) is 36.4 Å². The molecule has 0 aromatic heterocycles. The first kappa shape index (κ1) is 13.1. The van der Waals surface area contributed by atoms with E-state index in [2.05, 4.69) is 0 Å². The summed E-state index contributed by atoms with van der Waals surface area (Å²) in [5, 5.41) is 0. The third-order valence-electron chi connectivity index (χ3n) is 2.91. The first-order valence-electron chi connectivity index (χ1n) is 6.03. The van der Waals surface area contributed by atoms with E-state index in [-0.39, 0.29) is 5.78 Å². The number of benzene rings is 2. The van der Waals surface area contributed by atoms with Crippen LogP contribution in [-0.2, 0) is 6.42 Å². The lowest BCUT2D eigenvalue weighted by molar-refractivity contribution is 0.0993. The maximum Gasteiger partial charge on any atom is 0.167 e. The lowest BCUT2D eigenvalue weighted by atomic mass is 10.0. The highest BCUT2D eigenvalue weighted by Gasteiger charge is 2.09. The molecule has 0 aliphatic heterocycles. The Kier molecular flexibility index (Phi) is 4.18. The van der Waals surface area contributed by atoms with Gasteiger partial charge in [-0.2, -0.15) is 0 Å². The largest absolute Gasteiger partial charge is 0.493 e. The van der Waals surface area contributed by atoms with Gasteiger partial charge < -0.3 is 9.47 Å². The van der Waals surface area contributed by atoms with Crippen LogP contribution in [0.4, 0.5) is 0 Å². The molecule has 2 aromatic rings. The first-order chi connectivity index (χ1) is 9.24. The zero-order valence-corrected chi connectivity index (χ0v) is 11.1. The monoisotopic (exact) mass is 256 g/mol. The van der Waals surface area contributed by atoms with Crippen molar-refractivity contribution in [2.45, 2.75) is 6.42 Å². The van der Waals surface area contributed by atoms with E-state index < -0.39 is 0 Å². The number of ether oxygens (including phenoxy) is 2. The van der Waals surface area contributed by atoms with Gasteiger partial charge in [0.1, 0.15) is 0 Å². The van der Waals surface area contributed by atoms with E-state index in [1.807, 2.05) is 48.5 Å². The van der Waals surface area contributed by atoms with Gasteiger partial charge in [0.2, 0.25) is 0 Å². The molecule has 0 fully saturated rings. The molecule has 0 radical (unpaired) electrons. The Morgan fingerprint density at radius 3 is 2.26 bits per heavy atom. The molecule has 2 aromatic carbocycles. The average Bonchev–Trinajstić information content (AvgIpc) is 2.48. The molecule has 98 valence electrons. The molecule has 0 heterocycles. The summed E-state index contributed by atoms with van der Waals surface area (Å²) in [6.45, 7) is 0. The summed E-state index contributed by atoms with van der Waals surface area (Å²) in [6, 6.07) is 14.8. The minimum absolute atomic E-state index is 0.0906. The predicted molar refractivity (Wildman–Crippen MR) is 74.0 cm³/mol. The fraction of sp³-hybridized carbons (Fsp3) is 0.188. The highest BCUT2D eigenvalue weighted by molar-refractivity contribution is 5.97. The summed E-state index contributed by atoms with van der Waals surface area (Å²) in [7, 11) is 3.17. The first-order valence-corrected chi connectivity index (χ1v) is 6.03. The zero-order valence-electron chi connectivity index (χ0n) is 11.1. The molecule has 3 nitrogen and oxygen atoms in total. The third-order valence-corrected chi connectivity index (χ3v) is 2.91. The van der Waals surface area contributed by atoms with E-state index in [0.29, 0.717) is 17.9 Å². The summed E-state index contributed by atoms with van der Waals surface area (Å²) in [5.41, 5.74) is 1.63. The fourth-order valence-corrected chi connectivity index (χ4v) is 1.90. The van der Waals surface area contributed by atoms with Crippen LogP contribution in [0.5, 0.6) is 11.5 Å². The van der Waals surface area contributed by atoms with Crippen LogP contribution in [0.1, 0.15) is 15.9 Å². The SMILES string of the molecule is COc1ccc(CC(=O)c2ccccc2)cc1OC. The maximum atomic E-state index is 12.1. The summed E-state index contributed by atoms with van der Waals surface area (Å²) in [4.78, 5) is 12.1. The van der Waals surface area contributed by atoms with Crippen molar-refractivity contribution in [2.24, 2.45) is 0 Å². The molecule has 19 heavy (non-hydrogen) atoms. The van der Waals surface area contributed by atoms with Crippen molar-refractivity contribution in [2.75, 3.05) is 14.2 Å². The highest BCUT2D eigenvalue weighted by Crippen LogP contribution is 2.28. The molecule has 0 atom stereocenters. The second-order valence-electron chi connectivity index (χ2n) is 4.16. The Bertz CT molecular complexity index is 561. The van der Waals surface area contributed by atoms with Crippen LogP contribution >= 0.6 is 0 Å². The van der Waals surface area contributed by atoms with E-state index in [4.69, 9.17) is 9.47 Å². The van der Waals surface area contributed by atoms with Gasteiger partial charge in [0.25, 0.3) is 0 Å². The van der Waals surface area contributed by atoms with Crippen molar-refractivity contribution in [3.8, 4) is 11.5 Å². The molecule has 0 bridgehead atoms. The van der Waals surface area contributed by atoms with E-state index >= 15 is 0 Å². The number of rotatable bonds is 5.